The number of amides is 1. The molecule has 1 aromatic heterocycles. The van der Waals surface area contributed by atoms with Gasteiger partial charge in [0.2, 0.25) is 0 Å². The van der Waals surface area contributed by atoms with Crippen molar-refractivity contribution in [3.05, 3.63) is 101 Å². The largest absolute Gasteiger partial charge is 0.276 e. The Balaban J connectivity index is 1.72. The van der Waals surface area contributed by atoms with Crippen molar-refractivity contribution in [3.63, 3.8) is 0 Å². The van der Waals surface area contributed by atoms with Crippen molar-refractivity contribution in [1.82, 2.24) is 4.98 Å². The van der Waals surface area contributed by atoms with Crippen LogP contribution in [0.5, 0.6) is 0 Å². The normalized spacial score (nSPS) is 12.8. The molecule has 0 N–H and O–H groups in total. The van der Waals surface area contributed by atoms with E-state index in [0.717, 1.165) is 37.9 Å². The summed E-state index contributed by atoms with van der Waals surface area (Å²) in [5, 5.41) is 1.29. The summed E-state index contributed by atoms with van der Waals surface area (Å²) in [4.78, 5) is 20.2. The first-order valence-electron chi connectivity index (χ1n) is 9.82. The highest BCUT2D eigenvalue weighted by Gasteiger charge is 2.34. The molecule has 0 saturated heterocycles. The summed E-state index contributed by atoms with van der Waals surface area (Å²) in [7, 11) is 0. The van der Waals surface area contributed by atoms with Crippen molar-refractivity contribution in [2.75, 3.05) is 4.90 Å². The number of pyridine rings is 1. The molecule has 5 aromatic rings. The number of nitrogens with zero attached hydrogens (tertiary/aromatic N) is 2. The van der Waals surface area contributed by atoms with Crippen molar-refractivity contribution >= 4 is 55.0 Å². The lowest BCUT2D eigenvalue weighted by molar-refractivity contribution is 0.101. The second-order valence-corrected chi connectivity index (χ2v) is 8.44. The molecular weight excluding hydrogens is 455 g/mol. The van der Waals surface area contributed by atoms with E-state index in [2.05, 4.69) is 15.9 Å². The molecule has 2 heterocycles. The SMILES string of the molecule is O=C1c2c3cc(F)ccc3nc3cc(-c4ccccc4)cc(c23)N1c1ccc(Br)cc1. The van der Waals surface area contributed by atoms with E-state index in [9.17, 15) is 9.18 Å². The van der Waals surface area contributed by atoms with Crippen molar-refractivity contribution in [2.45, 2.75) is 0 Å². The average molecular weight is 469 g/mol. The number of rotatable bonds is 2. The zero-order valence-corrected chi connectivity index (χ0v) is 17.7. The third kappa shape index (κ3) is 2.77. The van der Waals surface area contributed by atoms with Crippen LogP contribution in [0.1, 0.15) is 10.4 Å². The number of carbonyl (C=O) groups excluding carboxylic acids is 1. The molecule has 3 nitrogen and oxygen atoms in total. The van der Waals surface area contributed by atoms with Crippen LogP contribution in [0.3, 0.4) is 0 Å². The molecule has 0 radical (unpaired) electrons. The van der Waals surface area contributed by atoms with Gasteiger partial charge in [-0.1, -0.05) is 46.3 Å². The molecular formula is C26H14BrFN2O. The van der Waals surface area contributed by atoms with Gasteiger partial charge < -0.3 is 0 Å². The van der Waals surface area contributed by atoms with Crippen LogP contribution in [0.25, 0.3) is 32.9 Å². The fourth-order valence-corrected chi connectivity index (χ4v) is 4.55. The van der Waals surface area contributed by atoms with E-state index < -0.39 is 0 Å². The van der Waals surface area contributed by atoms with Gasteiger partial charge in [0.15, 0.2) is 0 Å². The molecule has 0 aliphatic carbocycles. The van der Waals surface area contributed by atoms with Gasteiger partial charge in [-0.25, -0.2) is 9.37 Å². The molecule has 148 valence electrons. The van der Waals surface area contributed by atoms with Gasteiger partial charge in [0.05, 0.1) is 22.3 Å². The number of hydrogen-bond donors (Lipinski definition) is 0. The van der Waals surface area contributed by atoms with Crippen molar-refractivity contribution in [1.29, 1.82) is 0 Å². The molecule has 0 saturated carbocycles. The average Bonchev–Trinajstić information content (AvgIpc) is 3.08. The lowest BCUT2D eigenvalue weighted by Gasteiger charge is -2.18. The molecule has 1 aliphatic rings. The molecule has 6 rings (SSSR count). The van der Waals surface area contributed by atoms with Crippen molar-refractivity contribution < 1.29 is 9.18 Å². The smallest absolute Gasteiger partial charge is 0.264 e. The first-order valence-corrected chi connectivity index (χ1v) is 10.6. The molecule has 1 amide bonds. The Morgan fingerprint density at radius 1 is 0.806 bits per heavy atom. The predicted molar refractivity (Wildman–Crippen MR) is 125 cm³/mol. The van der Waals surface area contributed by atoms with Crippen LogP contribution in [0.2, 0.25) is 0 Å². The maximum atomic E-state index is 14.1. The van der Waals surface area contributed by atoms with E-state index >= 15 is 0 Å². The first kappa shape index (κ1) is 18.2. The minimum absolute atomic E-state index is 0.175. The molecule has 1 aliphatic heterocycles. The Kier molecular flexibility index (Phi) is 3.95. The minimum atomic E-state index is -0.387. The van der Waals surface area contributed by atoms with Crippen LogP contribution in [-0.4, -0.2) is 10.9 Å². The monoisotopic (exact) mass is 468 g/mol. The van der Waals surface area contributed by atoms with E-state index in [-0.39, 0.29) is 11.7 Å². The number of fused-ring (bicyclic) bond motifs is 2. The van der Waals surface area contributed by atoms with Gasteiger partial charge in [0, 0.05) is 20.9 Å². The van der Waals surface area contributed by atoms with Crippen LogP contribution in [0.15, 0.2) is 89.4 Å². The van der Waals surface area contributed by atoms with Gasteiger partial charge >= 0.3 is 0 Å². The second kappa shape index (κ2) is 6.72. The summed E-state index contributed by atoms with van der Waals surface area (Å²) in [6.07, 6.45) is 0. The molecule has 0 spiro atoms. The third-order valence-corrected chi connectivity index (χ3v) is 6.19. The Hall–Kier alpha value is -3.57. The Bertz CT molecular complexity index is 1510. The molecule has 31 heavy (non-hydrogen) atoms. The van der Waals surface area contributed by atoms with Crippen molar-refractivity contribution in [2.24, 2.45) is 0 Å². The molecule has 0 unspecified atom stereocenters. The highest BCUT2D eigenvalue weighted by molar-refractivity contribution is 9.10. The summed E-state index contributed by atoms with van der Waals surface area (Å²) in [5.41, 5.74) is 5.34. The third-order valence-electron chi connectivity index (χ3n) is 5.67. The molecule has 5 heteroatoms. The fourth-order valence-electron chi connectivity index (χ4n) is 4.29. The standard InChI is InChI=1S/C26H14BrFN2O/c27-17-6-9-19(10-7-17)30-23-13-16(15-4-2-1-3-5-15)12-22-25(23)24(26(30)31)20-14-18(28)8-11-21(20)29-22/h1-14H. The molecule has 0 fully saturated rings. The lowest BCUT2D eigenvalue weighted by atomic mass is 9.99. The zero-order valence-electron chi connectivity index (χ0n) is 16.1. The van der Waals surface area contributed by atoms with Gasteiger partial charge in [0.25, 0.3) is 5.91 Å². The Morgan fingerprint density at radius 2 is 1.58 bits per heavy atom. The fraction of sp³-hybridized carbons (Fsp3) is 0. The molecule has 0 bridgehead atoms. The number of aromatic nitrogens is 1. The van der Waals surface area contributed by atoms with Crippen LogP contribution < -0.4 is 4.90 Å². The maximum absolute atomic E-state index is 14.1. The predicted octanol–water partition coefficient (Wildman–Crippen LogP) is 7.25. The first-order chi connectivity index (χ1) is 15.1. The summed E-state index contributed by atoms with van der Waals surface area (Å²) in [6.45, 7) is 0. The van der Waals surface area contributed by atoms with Gasteiger partial charge in [0.1, 0.15) is 5.82 Å². The summed E-state index contributed by atoms with van der Waals surface area (Å²) in [5.74, 6) is -0.562. The van der Waals surface area contributed by atoms with Gasteiger partial charge in [-0.15, -0.1) is 0 Å². The van der Waals surface area contributed by atoms with E-state index in [1.54, 1.807) is 11.0 Å². The Labute approximate surface area is 185 Å². The van der Waals surface area contributed by atoms with E-state index in [4.69, 9.17) is 4.98 Å². The van der Waals surface area contributed by atoms with E-state index in [1.807, 2.05) is 66.7 Å². The van der Waals surface area contributed by atoms with Gasteiger partial charge in [-0.05, 0) is 65.7 Å². The summed E-state index contributed by atoms with van der Waals surface area (Å²) < 4.78 is 15.0. The topological polar surface area (TPSA) is 33.2 Å². The highest BCUT2D eigenvalue weighted by Crippen LogP contribution is 2.46. The molecule has 0 atom stereocenters. The maximum Gasteiger partial charge on any atom is 0.264 e. The quantitative estimate of drug-likeness (QED) is 0.255. The zero-order chi connectivity index (χ0) is 21.1. The number of halogens is 2. The van der Waals surface area contributed by atoms with Crippen molar-refractivity contribution in [3.8, 4) is 11.1 Å². The number of anilines is 2. The van der Waals surface area contributed by atoms with Gasteiger partial charge in [-0.2, -0.15) is 0 Å². The van der Waals surface area contributed by atoms with Crippen LogP contribution in [-0.2, 0) is 0 Å². The second-order valence-electron chi connectivity index (χ2n) is 7.52. The lowest BCUT2D eigenvalue weighted by Crippen LogP contribution is -2.21. The number of carbonyl (C=O) groups is 1. The number of benzene rings is 4. The summed E-state index contributed by atoms with van der Waals surface area (Å²) in [6, 6.07) is 26.0. The van der Waals surface area contributed by atoms with Gasteiger partial charge in [-0.3, -0.25) is 9.69 Å². The number of hydrogen-bond acceptors (Lipinski definition) is 2. The minimum Gasteiger partial charge on any atom is -0.276 e. The summed E-state index contributed by atoms with van der Waals surface area (Å²) >= 11 is 3.45. The van der Waals surface area contributed by atoms with Crippen LogP contribution in [0, 0.1) is 5.82 Å². The van der Waals surface area contributed by atoms with E-state index in [1.165, 1.54) is 12.1 Å². The van der Waals surface area contributed by atoms with Crippen LogP contribution in [0.4, 0.5) is 15.8 Å². The Morgan fingerprint density at radius 3 is 2.35 bits per heavy atom. The highest BCUT2D eigenvalue weighted by atomic mass is 79.9. The van der Waals surface area contributed by atoms with Crippen LogP contribution >= 0.6 is 15.9 Å². The molecule has 4 aromatic carbocycles. The van der Waals surface area contributed by atoms with E-state index in [0.29, 0.717) is 16.5 Å².